The molecule has 5 nitrogen and oxygen atoms in total. The fourth-order valence-corrected chi connectivity index (χ4v) is 4.76. The van der Waals surface area contributed by atoms with E-state index in [1.807, 2.05) is 41.1 Å². The molecule has 0 saturated heterocycles. The third kappa shape index (κ3) is 3.12. The standard InChI is InChI=1S/C24H15BrClFN4O/c25-15-5-1-13(2-6-15)22-20-21(30-24-28-12-29-31(22)24)18-11-16(26)7-10-19(18)32-23(20)14-3-8-17(27)9-4-14/h1-12,22-23H,(H,28,29,30)/t22-,23+/m1/s1. The lowest BCUT2D eigenvalue weighted by Gasteiger charge is -2.39. The number of hydrogen-bond donors (Lipinski definition) is 1. The highest BCUT2D eigenvalue weighted by Gasteiger charge is 2.41. The lowest BCUT2D eigenvalue weighted by atomic mass is 9.84. The molecule has 2 aliphatic rings. The maximum absolute atomic E-state index is 13.7. The minimum atomic E-state index is -0.460. The van der Waals surface area contributed by atoms with Crippen LogP contribution in [-0.2, 0) is 0 Å². The Balaban J connectivity index is 1.63. The molecule has 8 heteroatoms. The van der Waals surface area contributed by atoms with Crippen LogP contribution >= 0.6 is 27.5 Å². The monoisotopic (exact) mass is 508 g/mol. The molecule has 6 rings (SSSR count). The fourth-order valence-electron chi connectivity index (χ4n) is 4.32. The number of benzene rings is 3. The molecule has 2 atom stereocenters. The van der Waals surface area contributed by atoms with E-state index >= 15 is 0 Å². The van der Waals surface area contributed by atoms with Gasteiger partial charge in [-0.05, 0) is 53.6 Å². The summed E-state index contributed by atoms with van der Waals surface area (Å²) in [6.07, 6.45) is 1.07. The van der Waals surface area contributed by atoms with Crippen molar-refractivity contribution in [2.24, 2.45) is 0 Å². The average Bonchev–Trinajstić information content (AvgIpc) is 3.27. The van der Waals surface area contributed by atoms with E-state index in [1.165, 1.54) is 18.5 Å². The van der Waals surface area contributed by atoms with E-state index in [4.69, 9.17) is 16.3 Å². The van der Waals surface area contributed by atoms with E-state index in [9.17, 15) is 4.39 Å². The third-order valence-corrected chi connectivity index (χ3v) is 6.50. The minimum absolute atomic E-state index is 0.279. The van der Waals surface area contributed by atoms with Crippen LogP contribution in [0.2, 0.25) is 5.02 Å². The molecule has 1 N–H and O–H groups in total. The first-order valence-electron chi connectivity index (χ1n) is 9.96. The second-order valence-electron chi connectivity index (χ2n) is 7.63. The summed E-state index contributed by atoms with van der Waals surface area (Å²) in [4.78, 5) is 4.42. The Kier molecular flexibility index (Phi) is 4.55. The lowest BCUT2D eigenvalue weighted by molar-refractivity contribution is 0.223. The Bertz CT molecular complexity index is 1370. The van der Waals surface area contributed by atoms with Gasteiger partial charge in [-0.15, -0.1) is 0 Å². The van der Waals surface area contributed by atoms with Gasteiger partial charge in [-0.3, -0.25) is 0 Å². The number of halogens is 3. The Hall–Kier alpha value is -3.16. The van der Waals surface area contributed by atoms with Gasteiger partial charge < -0.3 is 10.1 Å². The molecule has 2 aliphatic heterocycles. The van der Waals surface area contributed by atoms with Crippen LogP contribution in [0.1, 0.15) is 28.8 Å². The van der Waals surface area contributed by atoms with E-state index < -0.39 is 6.10 Å². The van der Waals surface area contributed by atoms with Crippen LogP contribution in [0, 0.1) is 5.82 Å². The molecule has 32 heavy (non-hydrogen) atoms. The molecule has 0 radical (unpaired) electrons. The van der Waals surface area contributed by atoms with Gasteiger partial charge in [0.25, 0.3) is 0 Å². The number of rotatable bonds is 2. The van der Waals surface area contributed by atoms with Crippen LogP contribution in [0.25, 0.3) is 5.70 Å². The Morgan fingerprint density at radius 1 is 1.00 bits per heavy atom. The number of hydrogen-bond acceptors (Lipinski definition) is 4. The molecule has 3 aromatic carbocycles. The molecule has 0 fully saturated rings. The second-order valence-corrected chi connectivity index (χ2v) is 8.98. The largest absolute Gasteiger partial charge is 0.480 e. The van der Waals surface area contributed by atoms with Gasteiger partial charge in [0.1, 0.15) is 30.0 Å². The topological polar surface area (TPSA) is 52.0 Å². The van der Waals surface area contributed by atoms with Gasteiger partial charge in [0, 0.05) is 20.6 Å². The Labute approximate surface area is 196 Å². The quantitative estimate of drug-likeness (QED) is 0.340. The van der Waals surface area contributed by atoms with Gasteiger partial charge in [-0.1, -0.05) is 51.8 Å². The van der Waals surface area contributed by atoms with E-state index in [0.29, 0.717) is 16.7 Å². The smallest absolute Gasteiger partial charge is 0.226 e. The number of fused-ring (bicyclic) bond motifs is 3. The predicted octanol–water partition coefficient (Wildman–Crippen LogP) is 6.39. The zero-order chi connectivity index (χ0) is 21.8. The molecular formula is C24H15BrClFN4O. The van der Waals surface area contributed by atoms with Crippen molar-refractivity contribution in [3.63, 3.8) is 0 Å². The lowest BCUT2D eigenvalue weighted by Crippen LogP contribution is -2.32. The first-order chi connectivity index (χ1) is 15.6. The molecule has 0 aliphatic carbocycles. The van der Waals surface area contributed by atoms with Crippen LogP contribution in [-0.4, -0.2) is 14.8 Å². The molecule has 158 valence electrons. The van der Waals surface area contributed by atoms with Gasteiger partial charge in [-0.2, -0.15) is 10.1 Å². The second kappa shape index (κ2) is 7.46. The minimum Gasteiger partial charge on any atom is -0.480 e. The van der Waals surface area contributed by atoms with Crippen molar-refractivity contribution in [3.05, 3.63) is 111 Å². The molecule has 0 saturated carbocycles. The van der Waals surface area contributed by atoms with Gasteiger partial charge in [0.05, 0.1) is 5.70 Å². The first kappa shape index (κ1) is 19.5. The normalized spacial score (nSPS) is 18.8. The average molecular weight is 510 g/mol. The molecule has 1 aromatic heterocycles. The van der Waals surface area contributed by atoms with Crippen LogP contribution < -0.4 is 10.1 Å². The third-order valence-electron chi connectivity index (χ3n) is 5.73. The van der Waals surface area contributed by atoms with Crippen LogP contribution in [0.5, 0.6) is 5.75 Å². The Morgan fingerprint density at radius 3 is 2.53 bits per heavy atom. The van der Waals surface area contributed by atoms with Crippen molar-refractivity contribution in [1.82, 2.24) is 14.8 Å². The van der Waals surface area contributed by atoms with Gasteiger partial charge in [-0.25, -0.2) is 9.07 Å². The summed E-state index contributed by atoms with van der Waals surface area (Å²) in [6, 6.07) is 19.7. The molecular weight excluding hydrogens is 495 g/mol. The summed E-state index contributed by atoms with van der Waals surface area (Å²) in [5.41, 5.74) is 4.53. The zero-order valence-corrected chi connectivity index (χ0v) is 18.8. The molecule has 0 unspecified atom stereocenters. The maximum Gasteiger partial charge on any atom is 0.226 e. The molecule has 4 aromatic rings. The van der Waals surface area contributed by atoms with Gasteiger partial charge in [0.2, 0.25) is 5.95 Å². The predicted molar refractivity (Wildman–Crippen MR) is 124 cm³/mol. The first-order valence-corrected chi connectivity index (χ1v) is 11.1. The van der Waals surface area contributed by atoms with E-state index in [2.05, 4.69) is 31.3 Å². The van der Waals surface area contributed by atoms with Gasteiger partial charge in [0.15, 0.2) is 0 Å². The number of aromatic nitrogens is 3. The molecule has 0 spiro atoms. The molecule has 0 amide bonds. The van der Waals surface area contributed by atoms with Crippen molar-refractivity contribution in [3.8, 4) is 5.75 Å². The number of ether oxygens (including phenoxy) is 1. The summed E-state index contributed by atoms with van der Waals surface area (Å²) in [5, 5.41) is 8.54. The fraction of sp³-hybridized carbons (Fsp3) is 0.0833. The highest BCUT2D eigenvalue weighted by atomic mass is 79.9. The highest BCUT2D eigenvalue weighted by molar-refractivity contribution is 9.10. The van der Waals surface area contributed by atoms with Crippen molar-refractivity contribution in [2.75, 3.05) is 5.32 Å². The van der Waals surface area contributed by atoms with Crippen molar-refractivity contribution >= 4 is 39.2 Å². The number of anilines is 1. The SMILES string of the molecule is Fc1ccc([C@@H]2Oc3ccc(Cl)cc3C3=C2[C@@H](c2ccc(Br)cc2)n2ncnc2N3)cc1. The van der Waals surface area contributed by atoms with Crippen molar-refractivity contribution in [1.29, 1.82) is 0 Å². The van der Waals surface area contributed by atoms with Crippen LogP contribution in [0.4, 0.5) is 10.3 Å². The summed E-state index contributed by atoms with van der Waals surface area (Å²) >= 11 is 9.86. The van der Waals surface area contributed by atoms with E-state index in [1.54, 1.807) is 18.2 Å². The summed E-state index contributed by atoms with van der Waals surface area (Å²) in [6.45, 7) is 0. The molecule has 0 bridgehead atoms. The van der Waals surface area contributed by atoms with Crippen molar-refractivity contribution < 1.29 is 9.13 Å². The van der Waals surface area contributed by atoms with Crippen molar-refractivity contribution in [2.45, 2.75) is 12.1 Å². The van der Waals surface area contributed by atoms with E-state index in [-0.39, 0.29) is 11.9 Å². The van der Waals surface area contributed by atoms with Gasteiger partial charge >= 0.3 is 0 Å². The zero-order valence-electron chi connectivity index (χ0n) is 16.5. The van der Waals surface area contributed by atoms with Crippen LogP contribution in [0.15, 0.2) is 83.1 Å². The summed E-state index contributed by atoms with van der Waals surface area (Å²) in [5.74, 6) is 1.02. The number of nitrogens with zero attached hydrogens (tertiary/aromatic N) is 3. The highest BCUT2D eigenvalue weighted by Crippen LogP contribution is 2.51. The van der Waals surface area contributed by atoms with E-state index in [0.717, 1.165) is 32.4 Å². The maximum atomic E-state index is 13.7. The Morgan fingerprint density at radius 2 is 1.75 bits per heavy atom. The number of nitrogens with one attached hydrogen (secondary N) is 1. The molecule has 3 heterocycles. The summed E-state index contributed by atoms with van der Waals surface area (Å²) in [7, 11) is 0. The van der Waals surface area contributed by atoms with Crippen LogP contribution in [0.3, 0.4) is 0 Å². The summed E-state index contributed by atoms with van der Waals surface area (Å²) < 4.78 is 23.0.